The molecule has 12 heteroatoms. The molecule has 0 saturated carbocycles. The second-order valence-electron chi connectivity index (χ2n) is 10.2. The van der Waals surface area contributed by atoms with Crippen molar-refractivity contribution in [3.05, 3.63) is 63.5 Å². The van der Waals surface area contributed by atoms with Crippen molar-refractivity contribution in [3.8, 4) is 17.1 Å². The zero-order valence-corrected chi connectivity index (χ0v) is 23.2. The van der Waals surface area contributed by atoms with Crippen LogP contribution in [-0.4, -0.2) is 39.9 Å². The minimum absolute atomic E-state index is 0.0160. The molecule has 39 heavy (non-hydrogen) atoms. The summed E-state index contributed by atoms with van der Waals surface area (Å²) in [6, 6.07) is 8.31. The summed E-state index contributed by atoms with van der Waals surface area (Å²) in [5, 5.41) is 4.73. The van der Waals surface area contributed by atoms with Gasteiger partial charge in [0.25, 0.3) is 0 Å². The predicted molar refractivity (Wildman–Crippen MR) is 140 cm³/mol. The van der Waals surface area contributed by atoms with Crippen LogP contribution in [0.4, 0.5) is 18.0 Å². The first kappa shape index (κ1) is 29.0. The van der Waals surface area contributed by atoms with Gasteiger partial charge in [0.2, 0.25) is 11.7 Å². The van der Waals surface area contributed by atoms with Gasteiger partial charge in [-0.3, -0.25) is 4.90 Å². The fraction of sp³-hybridized carbons (Fsp3) is 0.444. The number of aromatic nitrogens is 2. The molecule has 7 nitrogen and oxygen atoms in total. The number of likely N-dealkylation sites (tertiary alicyclic amines) is 1. The van der Waals surface area contributed by atoms with Gasteiger partial charge in [-0.25, -0.2) is 4.79 Å². The van der Waals surface area contributed by atoms with Crippen LogP contribution in [-0.2, 0) is 17.3 Å². The molecule has 1 aliphatic rings. The Morgan fingerprint density at radius 2 is 1.90 bits per heavy atom. The Bertz CT molecular complexity index is 1320. The number of halogens is 5. The predicted octanol–water partition coefficient (Wildman–Crippen LogP) is 8.15. The topological polar surface area (TPSA) is 77.7 Å². The largest absolute Gasteiger partial charge is 0.493 e. The van der Waals surface area contributed by atoms with E-state index in [9.17, 15) is 18.0 Å². The van der Waals surface area contributed by atoms with E-state index in [-0.39, 0.29) is 29.6 Å². The Kier molecular flexibility index (Phi) is 8.66. The highest BCUT2D eigenvalue weighted by molar-refractivity contribution is 6.42. The highest BCUT2D eigenvalue weighted by atomic mass is 35.5. The summed E-state index contributed by atoms with van der Waals surface area (Å²) < 4.78 is 58.0. The van der Waals surface area contributed by atoms with Gasteiger partial charge >= 0.3 is 12.3 Å². The first-order chi connectivity index (χ1) is 18.3. The summed E-state index contributed by atoms with van der Waals surface area (Å²) in [4.78, 5) is 18.4. The van der Waals surface area contributed by atoms with Crippen LogP contribution < -0.4 is 4.74 Å². The molecule has 1 aliphatic heterocycles. The maximum atomic E-state index is 13.9. The lowest BCUT2D eigenvalue weighted by Gasteiger charge is -2.26. The number of aryl methyl sites for hydroxylation is 1. The van der Waals surface area contributed by atoms with E-state index in [2.05, 4.69) is 10.1 Å². The summed E-state index contributed by atoms with van der Waals surface area (Å²) in [6.07, 6.45) is -2.87. The zero-order valence-electron chi connectivity index (χ0n) is 21.6. The monoisotopic (exact) mass is 585 g/mol. The van der Waals surface area contributed by atoms with E-state index in [0.29, 0.717) is 42.3 Å². The van der Waals surface area contributed by atoms with Crippen LogP contribution in [0.2, 0.25) is 10.0 Å². The number of hydrogen-bond acceptors (Lipinski definition) is 6. The van der Waals surface area contributed by atoms with Crippen molar-refractivity contribution in [2.75, 3.05) is 13.2 Å². The zero-order chi connectivity index (χ0) is 28.4. The molecular formula is C27H28Cl2F3N3O4. The number of rotatable bonds is 7. The molecule has 1 amide bonds. The lowest BCUT2D eigenvalue weighted by Crippen LogP contribution is -2.36. The first-order valence-corrected chi connectivity index (χ1v) is 13.2. The Labute approximate surface area is 234 Å². The molecule has 2 heterocycles. The number of alkyl halides is 3. The average Bonchev–Trinajstić information content (AvgIpc) is 3.52. The second kappa shape index (κ2) is 11.6. The van der Waals surface area contributed by atoms with Crippen LogP contribution in [0.15, 0.2) is 40.9 Å². The van der Waals surface area contributed by atoms with Crippen molar-refractivity contribution in [2.45, 2.75) is 64.3 Å². The molecular weight excluding hydrogens is 558 g/mol. The third-order valence-electron chi connectivity index (χ3n) is 6.00. The van der Waals surface area contributed by atoms with Gasteiger partial charge in [-0.15, -0.1) is 0 Å². The van der Waals surface area contributed by atoms with E-state index in [1.54, 1.807) is 32.9 Å². The Hall–Kier alpha value is -2.98. The first-order valence-electron chi connectivity index (χ1n) is 12.4. The molecule has 1 atom stereocenters. The van der Waals surface area contributed by atoms with Crippen molar-refractivity contribution in [3.63, 3.8) is 0 Å². The lowest BCUT2D eigenvalue weighted by molar-refractivity contribution is -0.138. The molecule has 1 fully saturated rings. The van der Waals surface area contributed by atoms with E-state index < -0.39 is 29.5 Å². The molecule has 0 N–H and O–H groups in total. The molecule has 1 saturated heterocycles. The Morgan fingerprint density at radius 3 is 2.59 bits per heavy atom. The molecule has 3 aromatic rings. The van der Waals surface area contributed by atoms with E-state index >= 15 is 0 Å². The summed E-state index contributed by atoms with van der Waals surface area (Å²) in [7, 11) is 0. The minimum Gasteiger partial charge on any atom is -0.493 e. The highest BCUT2D eigenvalue weighted by Gasteiger charge is 2.38. The van der Waals surface area contributed by atoms with Crippen LogP contribution in [0.3, 0.4) is 0 Å². The maximum absolute atomic E-state index is 13.9. The third kappa shape index (κ3) is 7.36. The van der Waals surface area contributed by atoms with Gasteiger partial charge in [-0.1, -0.05) is 34.4 Å². The number of amides is 1. The molecule has 4 rings (SSSR count). The summed E-state index contributed by atoms with van der Waals surface area (Å²) in [6.45, 7) is 5.82. The quantitative estimate of drug-likeness (QED) is 0.260. The van der Waals surface area contributed by atoms with Crippen LogP contribution in [0.5, 0.6) is 5.75 Å². The van der Waals surface area contributed by atoms with E-state index in [4.69, 9.17) is 37.2 Å². The van der Waals surface area contributed by atoms with Crippen LogP contribution in [0.25, 0.3) is 11.4 Å². The molecule has 1 aromatic heterocycles. The fourth-order valence-corrected chi connectivity index (χ4v) is 4.54. The summed E-state index contributed by atoms with van der Waals surface area (Å²) >= 11 is 11.9. The second-order valence-corrected chi connectivity index (χ2v) is 11.0. The fourth-order valence-electron chi connectivity index (χ4n) is 4.22. The van der Waals surface area contributed by atoms with Gasteiger partial charge in [0.1, 0.15) is 17.4 Å². The number of ether oxygens (including phenoxy) is 2. The van der Waals surface area contributed by atoms with Crippen LogP contribution in [0.1, 0.15) is 63.1 Å². The average molecular weight is 586 g/mol. The number of carbonyl (C=O) groups excluding carboxylic acids is 1. The van der Waals surface area contributed by atoms with Crippen LogP contribution >= 0.6 is 23.2 Å². The number of benzene rings is 2. The molecule has 0 radical (unpaired) electrons. The van der Waals surface area contributed by atoms with Crippen LogP contribution in [0, 0.1) is 0 Å². The molecule has 2 aromatic carbocycles. The highest BCUT2D eigenvalue weighted by Crippen LogP contribution is 2.39. The summed E-state index contributed by atoms with van der Waals surface area (Å²) in [5.41, 5.74) is -0.606. The van der Waals surface area contributed by atoms with Gasteiger partial charge in [0.05, 0.1) is 22.2 Å². The Balaban J connectivity index is 1.46. The lowest BCUT2D eigenvalue weighted by atomic mass is 10.1. The van der Waals surface area contributed by atoms with Gasteiger partial charge in [0, 0.05) is 12.1 Å². The van der Waals surface area contributed by atoms with Crippen molar-refractivity contribution in [2.24, 2.45) is 0 Å². The van der Waals surface area contributed by atoms with E-state index in [0.717, 1.165) is 11.6 Å². The van der Waals surface area contributed by atoms with Crippen molar-refractivity contribution in [1.82, 2.24) is 15.0 Å². The molecule has 0 bridgehead atoms. The Morgan fingerprint density at radius 1 is 1.13 bits per heavy atom. The van der Waals surface area contributed by atoms with Crippen molar-refractivity contribution < 1.29 is 32.0 Å². The number of hydrogen-bond donors (Lipinski definition) is 0. The van der Waals surface area contributed by atoms with Gasteiger partial charge < -0.3 is 14.0 Å². The maximum Gasteiger partial charge on any atom is 0.419 e. The molecule has 210 valence electrons. The van der Waals surface area contributed by atoms with Crippen molar-refractivity contribution in [1.29, 1.82) is 0 Å². The number of nitrogens with zero attached hydrogens (tertiary/aromatic N) is 3. The van der Waals surface area contributed by atoms with Gasteiger partial charge in [-0.05, 0) is 82.3 Å². The third-order valence-corrected chi connectivity index (χ3v) is 6.74. The normalized spacial score (nSPS) is 16.0. The van der Waals surface area contributed by atoms with Gasteiger partial charge in [0.15, 0.2) is 0 Å². The smallest absolute Gasteiger partial charge is 0.419 e. The standard InChI is InChI=1S/C27H28Cl2F3N3O4/c1-26(2,3)38-25(36)35-12-4-7-21(35)24-33-23(34-39-24)17-9-11-22(18(15-17)27(30,31)32)37-13-5-6-16-8-10-19(28)20(29)14-16/h8-11,14-15,21H,4-7,12-13H2,1-3H3. The SMILES string of the molecule is CC(C)(C)OC(=O)N1CCCC1c1nc(-c2ccc(OCCCc3ccc(Cl)c(Cl)c3)c(C(F)(F)F)c2)no1. The molecule has 1 unspecified atom stereocenters. The number of carbonyl (C=O) groups is 1. The summed E-state index contributed by atoms with van der Waals surface area (Å²) in [5.74, 6) is -0.168. The van der Waals surface area contributed by atoms with Gasteiger partial charge in [-0.2, -0.15) is 18.2 Å². The van der Waals surface area contributed by atoms with E-state index in [1.807, 2.05) is 6.07 Å². The molecule has 0 spiro atoms. The van der Waals surface area contributed by atoms with E-state index in [1.165, 1.54) is 17.0 Å². The minimum atomic E-state index is -4.67. The van der Waals surface area contributed by atoms with Crippen molar-refractivity contribution >= 4 is 29.3 Å². The molecule has 0 aliphatic carbocycles.